The predicted molar refractivity (Wildman–Crippen MR) is 42.8 cm³/mol. The van der Waals surface area contributed by atoms with E-state index >= 15 is 0 Å². The van der Waals surface area contributed by atoms with Gasteiger partial charge in [-0.15, -0.1) is 0 Å². The summed E-state index contributed by atoms with van der Waals surface area (Å²) in [5.41, 5.74) is 0. The third-order valence-electron chi connectivity index (χ3n) is 0. The zero-order chi connectivity index (χ0) is 4.50. The summed E-state index contributed by atoms with van der Waals surface area (Å²) in [6.45, 7) is 0. The van der Waals surface area contributed by atoms with Crippen LogP contribution in [0.3, 0.4) is 0 Å². The first-order valence-electron chi connectivity index (χ1n) is 0.894. The van der Waals surface area contributed by atoms with Gasteiger partial charge in [0, 0.05) is 0 Å². The first-order chi connectivity index (χ1) is 2.00. The average molecular weight is 214 g/mol. The molecule has 0 saturated carbocycles. The van der Waals surface area contributed by atoms with Crippen LogP contribution in [0, 0.1) is 0 Å². The van der Waals surface area contributed by atoms with Crippen LogP contribution in [-0.4, -0.2) is 104 Å². The van der Waals surface area contributed by atoms with Crippen molar-refractivity contribution in [1.82, 2.24) is 0 Å². The molecule has 0 spiro atoms. The Balaban J connectivity index is -0.0000000267. The zero-order valence-electron chi connectivity index (χ0n) is 3.00. The molecule has 0 aromatic heterocycles. The summed E-state index contributed by atoms with van der Waals surface area (Å²) in [6, 6.07) is 0. The van der Waals surface area contributed by atoms with Crippen LogP contribution in [0.15, 0.2) is 0 Å². The molecule has 0 bridgehead atoms. The first-order valence-corrected chi connectivity index (χ1v) is 2.68. The van der Waals surface area contributed by atoms with Gasteiger partial charge < -0.3 is 19.2 Å². The fourth-order valence-electron chi connectivity index (χ4n) is 0. The van der Waals surface area contributed by atoms with E-state index in [0.717, 1.165) is 0 Å². The third-order valence-corrected chi connectivity index (χ3v) is 0. The Morgan fingerprint density at radius 2 is 0.750 bits per heavy atom. The van der Waals surface area contributed by atoms with Gasteiger partial charge in [0.05, 0.1) is 0 Å². The maximum absolute atomic E-state index is 7.33. The van der Waals surface area contributed by atoms with Gasteiger partial charge in [-0.05, 0) is 0 Å². The third kappa shape index (κ3) is 63.9. The van der Waals surface area contributed by atoms with Gasteiger partial charge in [-0.1, -0.05) is 0 Å². The molecule has 8 heteroatoms. The Kier molecular flexibility index (Phi) is 28.1. The number of rotatable bonds is 0. The van der Waals surface area contributed by atoms with E-state index in [1.54, 1.807) is 0 Å². The molecule has 0 heterocycles. The van der Waals surface area contributed by atoms with Crippen molar-refractivity contribution in [1.29, 1.82) is 0 Å². The summed E-state index contributed by atoms with van der Waals surface area (Å²) in [4.78, 5) is 29.3. The quantitative estimate of drug-likeness (QED) is 0.242. The van der Waals surface area contributed by atoms with Crippen molar-refractivity contribution in [3.63, 3.8) is 0 Å². The minimum absolute atomic E-state index is 0. The molecule has 0 rings (SSSR count). The van der Waals surface area contributed by atoms with Crippen molar-refractivity contribution in [3.05, 3.63) is 0 Å². The van der Waals surface area contributed by atoms with Gasteiger partial charge in [-0.2, -0.15) is 9.90 Å². The van der Waals surface area contributed by atoms with Gasteiger partial charge in [-0.3, -0.25) is 0 Å². The molecule has 0 aromatic carbocycles. The molecule has 0 fully saturated rings. The van der Waals surface area contributed by atoms with E-state index in [-0.39, 0.29) is 85.4 Å². The summed E-state index contributed by atoms with van der Waals surface area (Å²) >= 11 is 0. The molecule has 0 aromatic rings. The van der Waals surface area contributed by atoms with E-state index in [1.165, 1.54) is 0 Å². The van der Waals surface area contributed by atoms with Gasteiger partial charge in [-0.25, -0.2) is 0 Å². The topological polar surface area (TPSA) is 80.9 Å². The number of hydrogen-bond donors (Lipinski definition) is 4. The summed E-state index contributed by atoms with van der Waals surface area (Å²) in [6.07, 6.45) is 0. The Labute approximate surface area is 111 Å². The molecule has 48 valence electrons. The minimum atomic E-state index is -4.61. The second-order valence-corrected chi connectivity index (χ2v) is 1.80. The van der Waals surface area contributed by atoms with Crippen molar-refractivity contribution in [2.45, 2.75) is 0 Å². The van der Waals surface area contributed by atoms with Gasteiger partial charge in [0.1, 0.15) is 0 Å². The Bertz CT molecular complexity index is 29.5. The molecular weight excluding hydrogens is 203 g/mol. The van der Waals surface area contributed by atoms with Crippen molar-refractivity contribution < 1.29 is 19.2 Å². The van der Waals surface area contributed by atoms with E-state index in [0.29, 0.717) is 0 Å². The number of hydrogen-bond acceptors (Lipinski definition) is 4. The van der Waals surface area contributed by atoms with Gasteiger partial charge in [0.15, 0.2) is 0 Å². The normalized spacial score (nSPS) is 7.50. The predicted octanol–water partition coefficient (Wildman–Crippen LogP) is -4.38. The fraction of sp³-hybridized carbons (Fsp3) is 0. The summed E-state index contributed by atoms with van der Waals surface area (Å²) in [7, 11) is -4.61. The standard InChI is InChI=1S/2Ca.H4O4Si.H3P.4H/c;;1-5(2,3)4;;;;;/h;;1-4H;1H3;;;;. The van der Waals surface area contributed by atoms with E-state index in [9.17, 15) is 0 Å². The van der Waals surface area contributed by atoms with Crippen molar-refractivity contribution in [2.75, 3.05) is 0 Å². The molecule has 1 atom stereocenters. The van der Waals surface area contributed by atoms with Crippen molar-refractivity contribution >= 4 is 94.4 Å². The maximum atomic E-state index is 7.33. The monoisotopic (exact) mass is 214 g/mol. The van der Waals surface area contributed by atoms with Crippen LogP contribution >= 0.6 is 9.90 Å². The van der Waals surface area contributed by atoms with Gasteiger partial charge in [0.25, 0.3) is 0 Å². The molecule has 0 aliphatic carbocycles. The van der Waals surface area contributed by atoms with E-state index in [4.69, 9.17) is 19.2 Å². The van der Waals surface area contributed by atoms with Crippen LogP contribution < -0.4 is 0 Å². The zero-order valence-corrected chi connectivity index (χ0v) is 5.41. The second-order valence-electron chi connectivity index (χ2n) is 0.600. The van der Waals surface area contributed by atoms with Crippen LogP contribution in [0.5, 0.6) is 0 Å². The molecule has 4 N–H and O–H groups in total. The summed E-state index contributed by atoms with van der Waals surface area (Å²) < 4.78 is 0. The second kappa shape index (κ2) is 10.0. The Hall–Kier alpha value is 3.01. The van der Waals surface area contributed by atoms with Crippen LogP contribution in [0.4, 0.5) is 0 Å². The molecule has 1 unspecified atom stereocenters. The summed E-state index contributed by atoms with van der Waals surface area (Å²) in [5.74, 6) is 0. The SMILES string of the molecule is O[Si](O)(O)O.P.[CaH2].[CaH2]. The molecule has 0 aliphatic heterocycles. The Morgan fingerprint density at radius 3 is 0.750 bits per heavy atom. The molecule has 4 nitrogen and oxygen atoms in total. The van der Waals surface area contributed by atoms with Gasteiger partial charge in [0.2, 0.25) is 0 Å². The molecule has 0 amide bonds. The van der Waals surface area contributed by atoms with Crippen LogP contribution in [0.25, 0.3) is 0 Å². The molecule has 0 aliphatic rings. The van der Waals surface area contributed by atoms with Crippen LogP contribution in [-0.2, 0) is 0 Å². The average Bonchev–Trinajstić information content (AvgIpc) is 0.722. The molecule has 0 radical (unpaired) electrons. The first kappa shape index (κ1) is 22.4. The van der Waals surface area contributed by atoms with Crippen LogP contribution in [0.2, 0.25) is 0 Å². The fourth-order valence-corrected chi connectivity index (χ4v) is 0. The van der Waals surface area contributed by atoms with E-state index in [2.05, 4.69) is 0 Å². The molecule has 0 saturated heterocycles. The van der Waals surface area contributed by atoms with Crippen molar-refractivity contribution in [3.8, 4) is 0 Å². The van der Waals surface area contributed by atoms with Gasteiger partial charge >= 0.3 is 84.5 Å². The summed E-state index contributed by atoms with van der Waals surface area (Å²) in [5, 5.41) is 0. The van der Waals surface area contributed by atoms with E-state index in [1.807, 2.05) is 0 Å². The molecular formula is H11Ca2O4PSi. The van der Waals surface area contributed by atoms with Crippen molar-refractivity contribution in [2.24, 2.45) is 0 Å². The van der Waals surface area contributed by atoms with E-state index < -0.39 is 9.05 Å². The molecule has 8 heavy (non-hydrogen) atoms. The Morgan fingerprint density at radius 1 is 0.750 bits per heavy atom. The van der Waals surface area contributed by atoms with Crippen LogP contribution in [0.1, 0.15) is 0 Å².